The van der Waals surface area contributed by atoms with Gasteiger partial charge in [0, 0.05) is 30.4 Å². The van der Waals surface area contributed by atoms with Gasteiger partial charge in [0.15, 0.2) is 5.75 Å². The van der Waals surface area contributed by atoms with Crippen LogP contribution in [0.15, 0.2) is 54.3 Å². The molecule has 3 rings (SSSR count). The topological polar surface area (TPSA) is 84.0 Å². The van der Waals surface area contributed by atoms with Crippen LogP contribution in [0, 0.1) is 0 Å². The molecule has 0 aliphatic carbocycles. The van der Waals surface area contributed by atoms with Gasteiger partial charge in [-0.2, -0.15) is 74.6 Å². The number of nitrogens with zero attached hydrogens (tertiary/aromatic N) is 2. The summed E-state index contributed by atoms with van der Waals surface area (Å²) in [4.78, 5) is 47.9. The summed E-state index contributed by atoms with van der Waals surface area (Å²) in [6.45, 7) is 0. The quantitative estimate of drug-likeness (QED) is 0.159. The van der Waals surface area contributed by atoms with Crippen molar-refractivity contribution in [3.05, 3.63) is 54.3 Å². The maximum Gasteiger partial charge on any atom is 0.460 e. The minimum atomic E-state index is -8.79. The Hall–Kier alpha value is -4.67. The average Bonchev–Trinajstić information content (AvgIpc) is 3.45. The van der Waals surface area contributed by atoms with Crippen molar-refractivity contribution < 1.29 is 98.6 Å². The van der Waals surface area contributed by atoms with Crippen molar-refractivity contribution >= 4 is 35.0 Å². The number of imide groups is 2. The summed E-state index contributed by atoms with van der Waals surface area (Å²) in [6.07, 6.45) is -5.72. The van der Waals surface area contributed by atoms with Crippen molar-refractivity contribution in [3.63, 3.8) is 0 Å². The minimum absolute atomic E-state index is 0.0550. The third-order valence-electron chi connectivity index (χ3n) is 6.04. The molecule has 47 heavy (non-hydrogen) atoms. The van der Waals surface area contributed by atoms with Gasteiger partial charge in [-0.1, -0.05) is 0 Å². The number of amides is 4. The SMILES string of the molecule is O=C1C=CC(=O)N1c1ccc(N2C(=O)C=CC2=O)c(OC(F)=C(F)C(F)(F)C(F)(F)C(F)(F)C(F)(F)C(F)(F)C(F)(F)C(F)(F)F)c1. The van der Waals surface area contributed by atoms with Gasteiger partial charge < -0.3 is 4.74 Å². The van der Waals surface area contributed by atoms with Crippen LogP contribution in [0.3, 0.4) is 0 Å². The van der Waals surface area contributed by atoms with E-state index in [9.17, 15) is 93.8 Å². The molecule has 2 aliphatic heterocycles. The first-order valence-corrected chi connectivity index (χ1v) is 11.3. The fourth-order valence-electron chi connectivity index (χ4n) is 3.57. The Morgan fingerprint density at radius 3 is 1.34 bits per heavy atom. The highest BCUT2D eigenvalue weighted by molar-refractivity contribution is 6.30. The number of carbonyl (C=O) groups excluding carboxylic acids is 4. The van der Waals surface area contributed by atoms with Crippen LogP contribution in [0.4, 0.5) is 86.0 Å². The van der Waals surface area contributed by atoms with E-state index >= 15 is 0 Å². The van der Waals surface area contributed by atoms with E-state index in [0.717, 1.165) is 0 Å². The fraction of sp³-hybridized carbons (Fsp3) is 0.304. The number of halogens is 17. The zero-order chi connectivity index (χ0) is 36.5. The summed E-state index contributed by atoms with van der Waals surface area (Å²) in [5.41, 5.74) is -1.97. The molecule has 24 heteroatoms. The highest BCUT2D eigenvalue weighted by Gasteiger charge is 2.94. The Balaban J connectivity index is 2.14. The summed E-state index contributed by atoms with van der Waals surface area (Å²) in [6, 6.07) is -2.64. The van der Waals surface area contributed by atoms with Crippen LogP contribution in [0.1, 0.15) is 0 Å². The van der Waals surface area contributed by atoms with Gasteiger partial charge in [0.05, 0.1) is 11.4 Å². The number of rotatable bonds is 10. The molecule has 1 aromatic carbocycles. The van der Waals surface area contributed by atoms with Gasteiger partial charge in [-0.05, 0) is 12.1 Å². The van der Waals surface area contributed by atoms with Crippen molar-refractivity contribution in [1.29, 1.82) is 0 Å². The Bertz CT molecular complexity index is 1590. The van der Waals surface area contributed by atoms with Crippen LogP contribution in [0.5, 0.6) is 5.75 Å². The second-order valence-corrected chi connectivity index (χ2v) is 8.98. The summed E-state index contributed by atoms with van der Waals surface area (Å²) in [5.74, 6) is -62.4. The van der Waals surface area contributed by atoms with E-state index in [1.54, 1.807) is 0 Å². The Labute approximate surface area is 246 Å². The summed E-state index contributed by atoms with van der Waals surface area (Å²) in [7, 11) is 0. The molecule has 2 aliphatic rings. The third-order valence-corrected chi connectivity index (χ3v) is 6.04. The molecular weight excluding hydrogens is 707 g/mol. The van der Waals surface area contributed by atoms with Gasteiger partial charge in [0.2, 0.25) is 5.83 Å². The third kappa shape index (κ3) is 5.25. The van der Waals surface area contributed by atoms with Gasteiger partial charge in [-0.3, -0.25) is 19.2 Å². The van der Waals surface area contributed by atoms with Crippen molar-refractivity contribution in [2.45, 2.75) is 41.7 Å². The zero-order valence-electron chi connectivity index (χ0n) is 21.4. The minimum Gasteiger partial charge on any atom is -0.427 e. The van der Waals surface area contributed by atoms with Crippen LogP contribution in [-0.2, 0) is 19.2 Å². The van der Waals surface area contributed by atoms with Crippen LogP contribution in [-0.4, -0.2) is 65.3 Å². The zero-order valence-corrected chi connectivity index (χ0v) is 21.4. The lowest BCUT2D eigenvalue weighted by Gasteiger charge is -2.41. The van der Waals surface area contributed by atoms with E-state index in [1.807, 2.05) is 0 Å². The lowest BCUT2D eigenvalue weighted by Crippen LogP contribution is -2.72. The van der Waals surface area contributed by atoms with Gasteiger partial charge in [-0.25, -0.2) is 9.80 Å². The number of alkyl halides is 15. The molecule has 0 bridgehead atoms. The monoisotopic (exact) mass is 714 g/mol. The lowest BCUT2D eigenvalue weighted by molar-refractivity contribution is -0.451. The molecule has 2 heterocycles. The number of ether oxygens (including phenoxy) is 1. The van der Waals surface area contributed by atoms with E-state index in [2.05, 4.69) is 4.74 Å². The largest absolute Gasteiger partial charge is 0.460 e. The van der Waals surface area contributed by atoms with E-state index in [1.165, 1.54) is 0 Å². The molecule has 0 unspecified atom stereocenters. The molecule has 7 nitrogen and oxygen atoms in total. The first-order chi connectivity index (χ1) is 21.0. The van der Waals surface area contributed by atoms with Crippen molar-refractivity contribution in [2.75, 3.05) is 9.80 Å². The average molecular weight is 714 g/mol. The first-order valence-electron chi connectivity index (χ1n) is 11.3. The first kappa shape index (κ1) is 36.8. The van der Waals surface area contributed by atoms with E-state index < -0.39 is 94.3 Å². The molecular formula is C23H7F17N2O5. The van der Waals surface area contributed by atoms with E-state index in [-0.39, 0.29) is 15.9 Å². The Morgan fingerprint density at radius 2 is 0.915 bits per heavy atom. The smallest absolute Gasteiger partial charge is 0.427 e. The Kier molecular flexibility index (Phi) is 8.58. The molecule has 4 amide bonds. The van der Waals surface area contributed by atoms with Crippen molar-refractivity contribution in [1.82, 2.24) is 0 Å². The number of allylic oxidation sites excluding steroid dienone is 1. The highest BCUT2D eigenvalue weighted by atomic mass is 19.4. The fourth-order valence-corrected chi connectivity index (χ4v) is 3.57. The normalized spacial score (nSPS) is 17.7. The van der Waals surface area contributed by atoms with Crippen LogP contribution >= 0.6 is 0 Å². The number of benzene rings is 1. The van der Waals surface area contributed by atoms with Crippen molar-refractivity contribution in [2.24, 2.45) is 0 Å². The van der Waals surface area contributed by atoms with Crippen LogP contribution in [0.2, 0.25) is 0 Å². The highest BCUT2D eigenvalue weighted by Crippen LogP contribution is 2.63. The summed E-state index contributed by atoms with van der Waals surface area (Å²) >= 11 is 0. The number of hydrogen-bond acceptors (Lipinski definition) is 5. The summed E-state index contributed by atoms with van der Waals surface area (Å²) in [5, 5.41) is 0. The number of anilines is 2. The van der Waals surface area contributed by atoms with Gasteiger partial charge in [0.25, 0.3) is 23.6 Å². The molecule has 258 valence electrons. The van der Waals surface area contributed by atoms with Gasteiger partial charge in [-0.15, -0.1) is 0 Å². The predicted molar refractivity (Wildman–Crippen MR) is 115 cm³/mol. The maximum absolute atomic E-state index is 14.6. The van der Waals surface area contributed by atoms with E-state index in [0.29, 0.717) is 36.4 Å². The van der Waals surface area contributed by atoms with Crippen LogP contribution in [0.25, 0.3) is 0 Å². The van der Waals surface area contributed by atoms with E-state index in [4.69, 9.17) is 0 Å². The molecule has 0 saturated carbocycles. The second kappa shape index (κ2) is 11.0. The molecule has 0 spiro atoms. The molecule has 0 aromatic heterocycles. The molecule has 0 radical (unpaired) electrons. The Morgan fingerprint density at radius 1 is 0.532 bits per heavy atom. The maximum atomic E-state index is 14.6. The molecule has 0 N–H and O–H groups in total. The summed E-state index contributed by atoms with van der Waals surface area (Å²) < 4.78 is 234. The standard InChI is InChI=1S/C23H7F17N2O5/c24-15(17(26,27)18(28,29)19(30,31)20(32,33)21(34,35)22(36,37)23(38,39)40)16(25)47-10-7-8(41-11(43)3-4-12(41)44)1-2-9(10)42-13(45)5-6-14(42)46/h1-7H. The van der Waals surface area contributed by atoms with Gasteiger partial charge in [0.1, 0.15) is 0 Å². The van der Waals surface area contributed by atoms with Gasteiger partial charge >= 0.3 is 47.7 Å². The number of hydrogen-bond donors (Lipinski definition) is 0. The lowest BCUT2D eigenvalue weighted by atomic mass is 9.91. The van der Waals surface area contributed by atoms with Crippen molar-refractivity contribution in [3.8, 4) is 5.75 Å². The van der Waals surface area contributed by atoms with Crippen LogP contribution < -0.4 is 14.5 Å². The molecule has 0 fully saturated rings. The molecule has 0 atom stereocenters. The molecule has 1 aromatic rings. The second-order valence-electron chi connectivity index (χ2n) is 8.98. The molecule has 0 saturated heterocycles. The predicted octanol–water partition coefficient (Wildman–Crippen LogP) is 6.41. The number of carbonyl (C=O) groups is 4.